The molecule has 1 rings (SSSR count). The molecule has 90 valence electrons. The summed E-state index contributed by atoms with van der Waals surface area (Å²) >= 11 is 0. The quantitative estimate of drug-likeness (QED) is 0.834. The van der Waals surface area contributed by atoms with E-state index in [1.807, 2.05) is 40.9 Å². The lowest BCUT2D eigenvalue weighted by Gasteiger charge is -2.19. The lowest BCUT2D eigenvalue weighted by atomic mass is 10.2. The highest BCUT2D eigenvalue weighted by molar-refractivity contribution is 5.67. The minimum Gasteiger partial charge on any atom is -0.444 e. The fourth-order valence-corrected chi connectivity index (χ4v) is 1.30. The van der Waals surface area contributed by atoms with Gasteiger partial charge < -0.3 is 10.1 Å². The van der Waals surface area contributed by atoms with E-state index < -0.39 is 11.7 Å². The van der Waals surface area contributed by atoms with Gasteiger partial charge in [-0.05, 0) is 27.7 Å². The second-order valence-corrected chi connectivity index (χ2v) is 4.77. The van der Waals surface area contributed by atoms with E-state index in [2.05, 4.69) is 10.4 Å². The van der Waals surface area contributed by atoms with E-state index in [1.165, 1.54) is 0 Å². The SMILES string of the molecule is Cc1nn(C)cc1CNC(=O)OC(C)(C)C. The molecule has 5 nitrogen and oxygen atoms in total. The van der Waals surface area contributed by atoms with Gasteiger partial charge in [0.1, 0.15) is 5.60 Å². The maximum absolute atomic E-state index is 11.4. The molecular weight excluding hydrogens is 206 g/mol. The van der Waals surface area contributed by atoms with Crippen LogP contribution in [0, 0.1) is 6.92 Å². The summed E-state index contributed by atoms with van der Waals surface area (Å²) in [6, 6.07) is 0. The highest BCUT2D eigenvalue weighted by atomic mass is 16.6. The average molecular weight is 225 g/mol. The number of alkyl carbamates (subject to hydrolysis) is 1. The molecule has 0 aliphatic carbocycles. The summed E-state index contributed by atoms with van der Waals surface area (Å²) in [6.07, 6.45) is 1.47. The van der Waals surface area contributed by atoms with Crippen molar-refractivity contribution in [3.05, 3.63) is 17.5 Å². The number of aromatic nitrogens is 2. The summed E-state index contributed by atoms with van der Waals surface area (Å²) in [4.78, 5) is 11.4. The van der Waals surface area contributed by atoms with Crippen LogP contribution in [0.25, 0.3) is 0 Å². The predicted octanol–water partition coefficient (Wildman–Crippen LogP) is 1.75. The molecule has 0 aliphatic heterocycles. The number of nitrogens with zero attached hydrogens (tertiary/aromatic N) is 2. The molecule has 0 aliphatic rings. The Morgan fingerprint density at radius 2 is 2.19 bits per heavy atom. The van der Waals surface area contributed by atoms with Gasteiger partial charge in [-0.2, -0.15) is 5.10 Å². The van der Waals surface area contributed by atoms with Crippen molar-refractivity contribution in [2.75, 3.05) is 0 Å². The molecule has 1 aromatic rings. The fraction of sp³-hybridized carbons (Fsp3) is 0.636. The van der Waals surface area contributed by atoms with Crippen LogP contribution in [0.3, 0.4) is 0 Å². The molecule has 1 heterocycles. The standard InChI is InChI=1S/C11H19N3O2/c1-8-9(7-14(5)13-8)6-12-10(15)16-11(2,3)4/h7H,6H2,1-5H3,(H,12,15). The first-order valence-electron chi connectivity index (χ1n) is 5.24. The molecule has 0 aromatic carbocycles. The largest absolute Gasteiger partial charge is 0.444 e. The van der Waals surface area contributed by atoms with Crippen LogP contribution in [0.2, 0.25) is 0 Å². The lowest BCUT2D eigenvalue weighted by molar-refractivity contribution is 0.0523. The number of nitrogens with one attached hydrogen (secondary N) is 1. The number of carbonyl (C=O) groups is 1. The van der Waals surface area contributed by atoms with Gasteiger partial charge in [0.05, 0.1) is 5.69 Å². The van der Waals surface area contributed by atoms with Gasteiger partial charge in [-0.15, -0.1) is 0 Å². The van der Waals surface area contributed by atoms with Gasteiger partial charge in [0.15, 0.2) is 0 Å². The van der Waals surface area contributed by atoms with E-state index >= 15 is 0 Å². The maximum atomic E-state index is 11.4. The van der Waals surface area contributed by atoms with E-state index in [4.69, 9.17) is 4.74 Å². The molecule has 5 heteroatoms. The Morgan fingerprint density at radius 3 is 2.62 bits per heavy atom. The number of amides is 1. The minimum absolute atomic E-state index is 0.407. The molecule has 0 spiro atoms. The molecule has 0 fully saturated rings. The monoisotopic (exact) mass is 225 g/mol. The number of aryl methyl sites for hydroxylation is 2. The van der Waals surface area contributed by atoms with Gasteiger partial charge in [0.2, 0.25) is 0 Å². The van der Waals surface area contributed by atoms with E-state index in [-0.39, 0.29) is 0 Å². The summed E-state index contributed by atoms with van der Waals surface area (Å²) in [5.41, 5.74) is 1.44. The third kappa shape index (κ3) is 3.92. The summed E-state index contributed by atoms with van der Waals surface area (Å²) in [7, 11) is 1.85. The van der Waals surface area contributed by atoms with Crippen LogP contribution < -0.4 is 5.32 Å². The van der Waals surface area contributed by atoms with E-state index in [0.29, 0.717) is 6.54 Å². The van der Waals surface area contributed by atoms with Crippen molar-refractivity contribution in [1.29, 1.82) is 0 Å². The molecule has 0 bridgehead atoms. The summed E-state index contributed by atoms with van der Waals surface area (Å²) in [6.45, 7) is 7.85. The van der Waals surface area contributed by atoms with Crippen molar-refractivity contribution in [2.24, 2.45) is 7.05 Å². The zero-order chi connectivity index (χ0) is 12.3. The topological polar surface area (TPSA) is 56.2 Å². The van der Waals surface area contributed by atoms with Crippen LogP contribution >= 0.6 is 0 Å². The average Bonchev–Trinajstić information content (AvgIpc) is 2.38. The van der Waals surface area contributed by atoms with Crippen molar-refractivity contribution in [3.63, 3.8) is 0 Å². The molecule has 1 aromatic heterocycles. The smallest absolute Gasteiger partial charge is 0.407 e. The Labute approximate surface area is 95.8 Å². The molecule has 0 saturated heterocycles. The first-order valence-corrected chi connectivity index (χ1v) is 5.24. The van der Waals surface area contributed by atoms with Gasteiger partial charge in [0, 0.05) is 25.4 Å². The number of hydrogen-bond acceptors (Lipinski definition) is 3. The van der Waals surface area contributed by atoms with Crippen LogP contribution in [0.1, 0.15) is 32.0 Å². The van der Waals surface area contributed by atoms with E-state index in [0.717, 1.165) is 11.3 Å². The van der Waals surface area contributed by atoms with E-state index in [1.54, 1.807) is 4.68 Å². The van der Waals surface area contributed by atoms with Gasteiger partial charge in [0.25, 0.3) is 0 Å². The van der Waals surface area contributed by atoms with Gasteiger partial charge in [-0.25, -0.2) is 4.79 Å². The van der Waals surface area contributed by atoms with Crippen LogP contribution in [0.4, 0.5) is 4.79 Å². The molecule has 1 N–H and O–H groups in total. The molecule has 0 radical (unpaired) electrons. The Hall–Kier alpha value is -1.52. The Balaban J connectivity index is 2.46. The summed E-state index contributed by atoms with van der Waals surface area (Å²) < 4.78 is 6.85. The van der Waals surface area contributed by atoms with Gasteiger partial charge >= 0.3 is 6.09 Å². The first kappa shape index (κ1) is 12.5. The van der Waals surface area contributed by atoms with Crippen LogP contribution in [-0.4, -0.2) is 21.5 Å². The maximum Gasteiger partial charge on any atom is 0.407 e. The molecular formula is C11H19N3O2. The number of ether oxygens (including phenoxy) is 1. The first-order chi connectivity index (χ1) is 7.28. The normalized spacial score (nSPS) is 11.3. The predicted molar refractivity (Wildman–Crippen MR) is 61.0 cm³/mol. The molecule has 0 saturated carbocycles. The molecule has 0 atom stereocenters. The second kappa shape index (κ2) is 4.55. The van der Waals surface area contributed by atoms with Crippen LogP contribution in [0.15, 0.2) is 6.20 Å². The zero-order valence-electron chi connectivity index (χ0n) is 10.5. The van der Waals surface area contributed by atoms with Gasteiger partial charge in [-0.3, -0.25) is 4.68 Å². The van der Waals surface area contributed by atoms with Crippen molar-refractivity contribution < 1.29 is 9.53 Å². The minimum atomic E-state index is -0.464. The third-order valence-corrected chi connectivity index (χ3v) is 1.94. The number of rotatable bonds is 2. The Kier molecular flexibility index (Phi) is 3.57. The summed E-state index contributed by atoms with van der Waals surface area (Å²) in [5, 5.41) is 6.88. The van der Waals surface area contributed by atoms with Crippen LogP contribution in [-0.2, 0) is 18.3 Å². The molecule has 0 unspecified atom stereocenters. The highest BCUT2D eigenvalue weighted by Gasteiger charge is 2.16. The second-order valence-electron chi connectivity index (χ2n) is 4.77. The third-order valence-electron chi connectivity index (χ3n) is 1.94. The Bertz CT molecular complexity index is 377. The van der Waals surface area contributed by atoms with E-state index in [9.17, 15) is 4.79 Å². The van der Waals surface area contributed by atoms with Crippen molar-refractivity contribution in [2.45, 2.75) is 39.8 Å². The van der Waals surface area contributed by atoms with Crippen molar-refractivity contribution >= 4 is 6.09 Å². The fourth-order valence-electron chi connectivity index (χ4n) is 1.30. The van der Waals surface area contributed by atoms with Crippen molar-refractivity contribution in [1.82, 2.24) is 15.1 Å². The number of hydrogen-bond donors (Lipinski definition) is 1. The lowest BCUT2D eigenvalue weighted by Crippen LogP contribution is -2.32. The number of carbonyl (C=O) groups excluding carboxylic acids is 1. The Morgan fingerprint density at radius 1 is 1.56 bits per heavy atom. The highest BCUT2D eigenvalue weighted by Crippen LogP contribution is 2.08. The molecule has 16 heavy (non-hydrogen) atoms. The van der Waals surface area contributed by atoms with Crippen LogP contribution in [0.5, 0.6) is 0 Å². The molecule has 1 amide bonds. The van der Waals surface area contributed by atoms with Crippen molar-refractivity contribution in [3.8, 4) is 0 Å². The zero-order valence-corrected chi connectivity index (χ0v) is 10.5. The van der Waals surface area contributed by atoms with Gasteiger partial charge in [-0.1, -0.05) is 0 Å². The summed E-state index contributed by atoms with van der Waals surface area (Å²) in [5.74, 6) is 0.